The van der Waals surface area contributed by atoms with Crippen molar-refractivity contribution in [2.75, 3.05) is 36.4 Å². The van der Waals surface area contributed by atoms with Crippen molar-refractivity contribution in [3.05, 3.63) is 68.9 Å². The first-order valence-electron chi connectivity index (χ1n) is 16.5. The lowest BCUT2D eigenvalue weighted by Crippen LogP contribution is -2.51. The third-order valence-electron chi connectivity index (χ3n) is 9.04. The lowest BCUT2D eigenvalue weighted by molar-refractivity contribution is -0.116. The number of hydrogen-bond donors (Lipinski definition) is 2. The fourth-order valence-electron chi connectivity index (χ4n) is 6.36. The number of allylic oxidation sites excluding steroid dienone is 2. The van der Waals surface area contributed by atoms with Crippen molar-refractivity contribution in [3.63, 3.8) is 0 Å². The van der Waals surface area contributed by atoms with Crippen LogP contribution in [0.2, 0.25) is 5.02 Å². The van der Waals surface area contributed by atoms with Gasteiger partial charge in [0, 0.05) is 26.2 Å². The van der Waals surface area contributed by atoms with E-state index in [0.29, 0.717) is 24.0 Å². The number of halogens is 6. The van der Waals surface area contributed by atoms with E-state index in [1.54, 1.807) is 18.7 Å². The maximum absolute atomic E-state index is 14.2. The maximum atomic E-state index is 14.2. The van der Waals surface area contributed by atoms with Gasteiger partial charge in [0.25, 0.3) is 11.5 Å². The summed E-state index contributed by atoms with van der Waals surface area (Å²) in [5, 5.41) is 16.6. The molecule has 2 aliphatic rings. The van der Waals surface area contributed by atoms with Crippen molar-refractivity contribution < 1.29 is 34.1 Å². The molecule has 13 nitrogen and oxygen atoms in total. The van der Waals surface area contributed by atoms with Crippen LogP contribution in [0.15, 0.2) is 40.3 Å². The van der Waals surface area contributed by atoms with Gasteiger partial charge in [-0.2, -0.15) is 9.50 Å². The van der Waals surface area contributed by atoms with E-state index in [0.717, 1.165) is 35.8 Å². The molecule has 3 aromatic heterocycles. The number of fused-ring (bicyclic) bond motifs is 1. The molecular formula is C32H35ClF5N9O4S. The summed E-state index contributed by atoms with van der Waals surface area (Å²) >= 11 is 5.93. The van der Waals surface area contributed by atoms with Gasteiger partial charge in [-0.05, 0) is 62.8 Å². The highest BCUT2D eigenvalue weighted by molar-refractivity contribution is 8.45. The average molecular weight is 772 g/mol. The second-order valence-corrected chi connectivity index (χ2v) is 15.4. The molecular weight excluding hydrogens is 737 g/mol. The first-order chi connectivity index (χ1) is 24.4. The molecule has 280 valence electrons. The second-order valence-electron chi connectivity index (χ2n) is 12.6. The zero-order chi connectivity index (χ0) is 37.6. The van der Waals surface area contributed by atoms with Gasteiger partial charge in [0.1, 0.15) is 23.5 Å². The van der Waals surface area contributed by atoms with Crippen LogP contribution in [0, 0.1) is 6.92 Å². The summed E-state index contributed by atoms with van der Waals surface area (Å²) in [7, 11) is -10.0. The van der Waals surface area contributed by atoms with Gasteiger partial charge in [0.05, 0.1) is 22.1 Å². The second kappa shape index (κ2) is 13.0. The highest BCUT2D eigenvalue weighted by atomic mass is 35.5. The van der Waals surface area contributed by atoms with Crippen LogP contribution < -0.4 is 15.8 Å². The molecule has 6 rings (SSSR count). The van der Waals surface area contributed by atoms with Crippen molar-refractivity contribution in [2.24, 2.45) is 0 Å². The van der Waals surface area contributed by atoms with Crippen LogP contribution in [-0.2, 0) is 17.8 Å². The van der Waals surface area contributed by atoms with Crippen molar-refractivity contribution in [1.82, 2.24) is 34.0 Å². The van der Waals surface area contributed by atoms with Crippen molar-refractivity contribution in [3.8, 4) is 5.75 Å². The third kappa shape index (κ3) is 7.41. The molecule has 2 N–H and O–H groups in total. The molecule has 1 fully saturated rings. The van der Waals surface area contributed by atoms with E-state index >= 15 is 0 Å². The molecule has 52 heavy (non-hydrogen) atoms. The van der Waals surface area contributed by atoms with Gasteiger partial charge in [-0.25, -0.2) is 9.97 Å². The Hall–Kier alpha value is -4.78. The van der Waals surface area contributed by atoms with E-state index in [2.05, 4.69) is 25.4 Å². The minimum Gasteiger partial charge on any atom is -0.504 e. The van der Waals surface area contributed by atoms with Crippen LogP contribution in [0.3, 0.4) is 0 Å². The zero-order valence-corrected chi connectivity index (χ0v) is 29.7. The molecule has 4 heterocycles. The first-order valence-corrected chi connectivity index (χ1v) is 18.8. The lowest BCUT2D eigenvalue weighted by Gasteiger charge is -2.40. The number of carbonyl (C=O) groups is 2. The van der Waals surface area contributed by atoms with E-state index < -0.39 is 44.1 Å². The summed E-state index contributed by atoms with van der Waals surface area (Å²) in [6.07, 6.45) is 7.83. The predicted molar refractivity (Wildman–Crippen MR) is 186 cm³/mol. The predicted octanol–water partition coefficient (Wildman–Crippen LogP) is 6.52. The Morgan fingerprint density at radius 2 is 1.77 bits per heavy atom. The van der Waals surface area contributed by atoms with Crippen LogP contribution in [-0.4, -0.2) is 77.1 Å². The minimum atomic E-state index is -10.0. The molecule has 1 aliphatic heterocycles. The molecule has 0 radical (unpaired) electrons. The van der Waals surface area contributed by atoms with Gasteiger partial charge in [-0.1, -0.05) is 50.5 Å². The topological polar surface area (TPSA) is 151 Å². The Balaban J connectivity index is 1.36. The Labute approximate surface area is 298 Å². The standard InChI is InChI=1S/C32H35ClF5N9O4S/c1-3-24-27(44-12-14-45(15-13-44)30(50)26-28(49)19(2)39-18-40-26)31(51)47-32(42-29(43-47)20-8-6-4-5-7-9-20)46(24)17-25(48)41-23-11-10-21(16-22(23)33)52(34,35,36,37)38/h8,10-11,16,18,49H,3-7,9,12-15,17H2,1-2H3,(H,41,48). The molecule has 0 bridgehead atoms. The monoisotopic (exact) mass is 771 g/mol. The number of piperazine rings is 1. The van der Waals surface area contributed by atoms with E-state index in [9.17, 15) is 38.9 Å². The number of carbonyl (C=O) groups excluding carboxylic acids is 2. The van der Waals surface area contributed by atoms with Crippen LogP contribution in [0.5, 0.6) is 5.75 Å². The van der Waals surface area contributed by atoms with Gasteiger partial charge in [-0.15, -0.1) is 5.10 Å². The largest absolute Gasteiger partial charge is 0.504 e. The quantitative estimate of drug-likeness (QED) is 0.191. The van der Waals surface area contributed by atoms with Crippen LogP contribution >= 0.6 is 21.8 Å². The third-order valence-corrected chi connectivity index (χ3v) is 10.5. The van der Waals surface area contributed by atoms with Crippen molar-refractivity contribution >= 4 is 56.4 Å². The van der Waals surface area contributed by atoms with Crippen LogP contribution in [0.1, 0.15) is 66.7 Å². The SMILES string of the molecule is CCc1c(N2CCN(C(=O)c3ncnc(C)c3O)CC2)c(=O)n2nc(C3=CCCCCC3)nc2n1CC(=O)Nc1ccc(S(F)(F)(F)(F)F)cc1Cl. The molecule has 2 amide bonds. The van der Waals surface area contributed by atoms with E-state index in [1.807, 2.05) is 6.08 Å². The summed E-state index contributed by atoms with van der Waals surface area (Å²) < 4.78 is 69.4. The summed E-state index contributed by atoms with van der Waals surface area (Å²) in [5.74, 6) is -1.25. The van der Waals surface area contributed by atoms with Gasteiger partial charge in [0.15, 0.2) is 17.3 Å². The fourth-order valence-corrected chi connectivity index (χ4v) is 7.32. The molecule has 0 unspecified atom stereocenters. The Bertz CT molecular complexity index is 2190. The first kappa shape index (κ1) is 37.0. The molecule has 0 saturated carbocycles. The van der Waals surface area contributed by atoms with Gasteiger partial charge < -0.3 is 24.8 Å². The van der Waals surface area contributed by atoms with Crippen molar-refractivity contribution in [1.29, 1.82) is 0 Å². The number of hydrogen-bond acceptors (Lipinski definition) is 9. The molecule has 1 aromatic carbocycles. The zero-order valence-electron chi connectivity index (χ0n) is 28.1. The number of aryl methyl sites for hydroxylation is 1. The molecule has 0 atom stereocenters. The highest BCUT2D eigenvalue weighted by Crippen LogP contribution is 3.02. The number of rotatable bonds is 8. The number of aromatic hydroxyl groups is 1. The average Bonchev–Trinajstić information content (AvgIpc) is 3.35. The van der Waals surface area contributed by atoms with E-state index in [1.165, 1.54) is 15.8 Å². The summed E-state index contributed by atoms with van der Waals surface area (Å²) in [6, 6.07) is 0.867. The smallest absolute Gasteiger partial charge is 0.310 e. The van der Waals surface area contributed by atoms with Crippen LogP contribution in [0.4, 0.5) is 30.8 Å². The Morgan fingerprint density at radius 3 is 2.44 bits per heavy atom. The number of aromatic nitrogens is 6. The molecule has 1 aliphatic carbocycles. The number of nitrogens with one attached hydrogen (secondary N) is 1. The summed E-state index contributed by atoms with van der Waals surface area (Å²) in [6.45, 7) is 3.51. The summed E-state index contributed by atoms with van der Waals surface area (Å²) in [4.78, 5) is 54.5. The number of benzene rings is 1. The fraction of sp³-hybridized carbons (Fsp3) is 0.406. The Kier molecular flexibility index (Phi) is 9.26. The van der Waals surface area contributed by atoms with E-state index in [-0.39, 0.29) is 79.0 Å². The van der Waals surface area contributed by atoms with Gasteiger partial charge in [-0.3, -0.25) is 14.4 Å². The number of amides is 2. The maximum Gasteiger partial charge on any atom is 0.310 e. The number of nitrogens with zero attached hydrogens (tertiary/aromatic N) is 8. The highest BCUT2D eigenvalue weighted by Gasteiger charge is 2.65. The molecule has 4 aromatic rings. The molecule has 1 saturated heterocycles. The van der Waals surface area contributed by atoms with Gasteiger partial charge >= 0.3 is 10.2 Å². The molecule has 20 heteroatoms. The summed E-state index contributed by atoms with van der Waals surface area (Å²) in [5.41, 5.74) is 0.725. The van der Waals surface area contributed by atoms with Crippen LogP contribution in [0.25, 0.3) is 11.4 Å². The van der Waals surface area contributed by atoms with E-state index in [4.69, 9.17) is 11.6 Å². The van der Waals surface area contributed by atoms with Gasteiger partial charge in [0.2, 0.25) is 11.7 Å². The van der Waals surface area contributed by atoms with Crippen molar-refractivity contribution in [2.45, 2.75) is 63.8 Å². The number of anilines is 2. The minimum absolute atomic E-state index is 0.0478. The Morgan fingerprint density at radius 1 is 1.04 bits per heavy atom. The lowest BCUT2D eigenvalue weighted by atomic mass is 10.1. The normalized spacial score (nSPS) is 17.0. The molecule has 0 spiro atoms.